The van der Waals surface area contributed by atoms with Gasteiger partial charge in [-0.25, -0.2) is 0 Å². The molecule has 0 amide bonds. The van der Waals surface area contributed by atoms with Crippen molar-refractivity contribution in [2.24, 2.45) is 0 Å². The molecule has 88 valence electrons. The van der Waals surface area contributed by atoms with Gasteiger partial charge in [0.2, 0.25) is 0 Å². The average molecular weight is 243 g/mol. The second-order valence-corrected chi connectivity index (χ2v) is 3.75. The minimum Gasteiger partial charge on any atom is -0.300 e. The van der Waals surface area contributed by atoms with E-state index in [9.17, 15) is 4.79 Å². The number of rotatable bonds is 4. The molecule has 0 unspecified atom stereocenters. The van der Waals surface area contributed by atoms with Gasteiger partial charge in [-0.05, 0) is 13.8 Å². The summed E-state index contributed by atoms with van der Waals surface area (Å²) in [6.07, 6.45) is 5.54. The summed E-state index contributed by atoms with van der Waals surface area (Å²) in [6, 6.07) is 0. The second kappa shape index (κ2) is 23.2. The van der Waals surface area contributed by atoms with Gasteiger partial charge in [0.25, 0.3) is 0 Å². The number of hydrogen-bond donors (Lipinski definition) is 0. The highest BCUT2D eigenvalue weighted by Gasteiger charge is 1.75. The van der Waals surface area contributed by atoms with Crippen molar-refractivity contribution >= 4 is 29.0 Å². The van der Waals surface area contributed by atoms with Crippen molar-refractivity contribution in [3.63, 3.8) is 0 Å². The van der Waals surface area contributed by atoms with E-state index in [1.807, 2.05) is 0 Å². The molecule has 0 saturated heterocycles. The lowest BCUT2D eigenvalue weighted by Crippen LogP contribution is -1.69. The van der Waals surface area contributed by atoms with Crippen LogP contribution in [0.3, 0.4) is 0 Å². The first-order valence-corrected chi connectivity index (χ1v) is 6.22. The molecule has 0 saturated carbocycles. The molecule has 0 bridgehead atoms. The molecule has 0 aliphatic carbocycles. The van der Waals surface area contributed by atoms with Gasteiger partial charge in [0, 0.05) is 11.8 Å². The maximum atomic E-state index is 9.44. The zero-order valence-electron chi connectivity index (χ0n) is 9.91. The quantitative estimate of drug-likeness (QED) is 0.519. The first kappa shape index (κ1) is 19.8. The van der Waals surface area contributed by atoms with Gasteiger partial charge < -0.3 is 4.79 Å². The Balaban J connectivity index is -0.000000135. The van der Waals surface area contributed by atoms with Gasteiger partial charge in [-0.1, -0.05) is 39.5 Å². The Hall–Kier alpha value is 0.250. The van der Waals surface area contributed by atoms with Crippen molar-refractivity contribution in [3.05, 3.63) is 0 Å². The Morgan fingerprint density at radius 2 is 1.14 bits per heavy atom. The van der Waals surface area contributed by atoms with Crippen molar-refractivity contribution in [2.75, 3.05) is 11.8 Å². The lowest BCUT2D eigenvalue weighted by molar-refractivity contribution is -0.114. The number of unbranched alkanes of at least 4 members (excludes halogenated alkanes) is 3. The second-order valence-electron chi connectivity index (χ2n) is 2.99. The maximum Gasteiger partial charge on any atom is 0.126 e. The van der Waals surface area contributed by atoms with Gasteiger partial charge >= 0.3 is 0 Å². The van der Waals surface area contributed by atoms with Crippen molar-refractivity contribution in [1.29, 1.82) is 0 Å². The molecule has 0 aliphatic rings. The Bertz CT molecular complexity index is 85.3. The largest absolute Gasteiger partial charge is 0.300 e. The molecule has 0 fully saturated rings. The summed E-state index contributed by atoms with van der Waals surface area (Å²) in [5.41, 5.74) is 0. The molecule has 0 heterocycles. The van der Waals surface area contributed by atoms with Crippen LogP contribution in [0.5, 0.6) is 0 Å². The molecule has 0 aromatic heterocycles. The summed E-state index contributed by atoms with van der Waals surface area (Å²) in [4.78, 5) is 9.44. The number of Topliss-reactive ketones (excluding diaryl/α,β-unsaturated/α-hetero) is 1. The van der Waals surface area contributed by atoms with E-state index in [1.165, 1.54) is 39.5 Å². The van der Waals surface area contributed by atoms with Crippen LogP contribution in [0, 0.1) is 0 Å². The highest BCUT2D eigenvalue weighted by atomic mass is 35.5. The molecule has 3 heteroatoms. The zero-order chi connectivity index (χ0) is 11.8. The normalized spacial score (nSPS) is 7.86. The van der Waals surface area contributed by atoms with E-state index < -0.39 is 0 Å². The molecule has 0 aliphatic heterocycles. The van der Waals surface area contributed by atoms with E-state index in [0.29, 0.717) is 11.8 Å². The van der Waals surface area contributed by atoms with E-state index in [2.05, 4.69) is 13.8 Å². The Kier molecular flexibility index (Phi) is 32.8. The minimum atomic E-state index is 0.167. The highest BCUT2D eigenvalue weighted by molar-refractivity contribution is 6.25. The molecular formula is C11H24Cl2O. The lowest BCUT2D eigenvalue weighted by Gasteiger charge is -1.86. The first-order valence-electron chi connectivity index (χ1n) is 5.15. The van der Waals surface area contributed by atoms with Crippen LogP contribution in [0.4, 0.5) is 0 Å². The SMILES string of the molecule is CC(C)=O.CCCCCC.ClCCCl. The van der Waals surface area contributed by atoms with Gasteiger partial charge in [0.15, 0.2) is 0 Å². The summed E-state index contributed by atoms with van der Waals surface area (Å²) >= 11 is 10.1. The molecule has 0 N–H and O–H groups in total. The van der Waals surface area contributed by atoms with Crippen LogP contribution in [0.25, 0.3) is 0 Å². The van der Waals surface area contributed by atoms with E-state index in [4.69, 9.17) is 23.2 Å². The molecule has 14 heavy (non-hydrogen) atoms. The number of hydrogen-bond acceptors (Lipinski definition) is 1. The summed E-state index contributed by atoms with van der Waals surface area (Å²) in [5.74, 6) is 1.28. The van der Waals surface area contributed by atoms with Gasteiger partial charge in [0.1, 0.15) is 5.78 Å². The predicted octanol–water partition coefficient (Wildman–Crippen LogP) is 4.65. The fourth-order valence-corrected chi connectivity index (χ4v) is 0.500. The van der Waals surface area contributed by atoms with Crippen LogP contribution < -0.4 is 0 Å². The van der Waals surface area contributed by atoms with E-state index in [0.717, 1.165) is 0 Å². The monoisotopic (exact) mass is 242 g/mol. The van der Waals surface area contributed by atoms with Crippen LogP contribution in [0.15, 0.2) is 0 Å². The number of carbonyl (C=O) groups excluding carboxylic acids is 1. The van der Waals surface area contributed by atoms with Gasteiger partial charge in [-0.3, -0.25) is 0 Å². The minimum absolute atomic E-state index is 0.167. The first-order chi connectivity index (χ1) is 6.56. The van der Waals surface area contributed by atoms with Crippen LogP contribution in [-0.2, 0) is 4.79 Å². The van der Waals surface area contributed by atoms with Crippen molar-refractivity contribution < 1.29 is 4.79 Å². The lowest BCUT2D eigenvalue weighted by atomic mass is 10.2. The van der Waals surface area contributed by atoms with Crippen LogP contribution >= 0.6 is 23.2 Å². The zero-order valence-corrected chi connectivity index (χ0v) is 11.4. The van der Waals surface area contributed by atoms with Crippen molar-refractivity contribution in [3.8, 4) is 0 Å². The summed E-state index contributed by atoms with van der Waals surface area (Å²) in [6.45, 7) is 7.52. The Morgan fingerprint density at radius 3 is 1.21 bits per heavy atom. The van der Waals surface area contributed by atoms with Gasteiger partial charge in [-0.15, -0.1) is 23.2 Å². The third-order valence-corrected chi connectivity index (χ3v) is 1.60. The Labute approximate surface area is 99.2 Å². The summed E-state index contributed by atoms with van der Waals surface area (Å²) in [7, 11) is 0. The third kappa shape index (κ3) is 85.8. The number of halogens is 2. The molecule has 0 aromatic rings. The average Bonchev–Trinajstić information content (AvgIpc) is 2.14. The number of alkyl halides is 2. The van der Waals surface area contributed by atoms with Crippen LogP contribution in [-0.4, -0.2) is 17.5 Å². The van der Waals surface area contributed by atoms with Crippen LogP contribution in [0.1, 0.15) is 53.4 Å². The highest BCUT2D eigenvalue weighted by Crippen LogP contribution is 1.95. The predicted molar refractivity (Wildman–Crippen MR) is 67.6 cm³/mol. The number of ketones is 1. The molecule has 0 radical (unpaired) electrons. The van der Waals surface area contributed by atoms with E-state index in [1.54, 1.807) is 0 Å². The maximum absolute atomic E-state index is 9.44. The third-order valence-electron chi connectivity index (χ3n) is 1.03. The summed E-state index contributed by atoms with van der Waals surface area (Å²) < 4.78 is 0. The van der Waals surface area contributed by atoms with E-state index in [-0.39, 0.29) is 5.78 Å². The summed E-state index contributed by atoms with van der Waals surface area (Å²) in [5, 5.41) is 0. The molecule has 1 nitrogen and oxygen atoms in total. The standard InChI is InChI=1S/C6H14.C3H6O.C2H4Cl2/c1-3-5-6-4-2;1-3(2)4;3-1-2-4/h3-6H2,1-2H3;1-2H3;1-2H2. The van der Waals surface area contributed by atoms with Crippen molar-refractivity contribution in [2.45, 2.75) is 53.4 Å². The molecular weight excluding hydrogens is 219 g/mol. The molecule has 0 rings (SSSR count). The van der Waals surface area contributed by atoms with E-state index >= 15 is 0 Å². The number of carbonyl (C=O) groups is 1. The fourth-order valence-electron chi connectivity index (χ4n) is 0.500. The van der Waals surface area contributed by atoms with Gasteiger partial charge in [-0.2, -0.15) is 0 Å². The fraction of sp³-hybridized carbons (Fsp3) is 0.909. The smallest absolute Gasteiger partial charge is 0.126 e. The molecule has 0 spiro atoms. The molecule has 0 aromatic carbocycles. The Morgan fingerprint density at radius 1 is 0.929 bits per heavy atom. The van der Waals surface area contributed by atoms with Crippen LogP contribution in [0.2, 0.25) is 0 Å². The van der Waals surface area contributed by atoms with Crippen molar-refractivity contribution in [1.82, 2.24) is 0 Å². The topological polar surface area (TPSA) is 17.1 Å². The molecule has 0 atom stereocenters. The van der Waals surface area contributed by atoms with Gasteiger partial charge in [0.05, 0.1) is 0 Å².